The third-order valence-electron chi connectivity index (χ3n) is 5.20. The van der Waals surface area contributed by atoms with Crippen molar-refractivity contribution in [1.82, 2.24) is 19.6 Å². The Bertz CT molecular complexity index is 865. The number of carboxylic acids is 1. The van der Waals surface area contributed by atoms with Gasteiger partial charge in [0, 0.05) is 32.3 Å². The highest BCUT2D eigenvalue weighted by molar-refractivity contribution is 5.93. The molecule has 154 valence electrons. The Morgan fingerprint density at radius 3 is 2.62 bits per heavy atom. The zero-order valence-electron chi connectivity index (χ0n) is 16.5. The first-order chi connectivity index (χ1) is 13.9. The van der Waals surface area contributed by atoms with E-state index in [1.54, 1.807) is 22.0 Å². The van der Waals surface area contributed by atoms with Crippen molar-refractivity contribution in [3.63, 3.8) is 0 Å². The van der Waals surface area contributed by atoms with Gasteiger partial charge in [-0.2, -0.15) is 5.10 Å². The van der Waals surface area contributed by atoms with Gasteiger partial charge in [0.1, 0.15) is 6.54 Å². The van der Waals surface area contributed by atoms with Crippen molar-refractivity contribution >= 4 is 17.8 Å². The molecule has 0 radical (unpaired) electrons. The topological polar surface area (TPSA) is 95.7 Å². The van der Waals surface area contributed by atoms with Gasteiger partial charge in [-0.1, -0.05) is 30.3 Å². The fourth-order valence-electron chi connectivity index (χ4n) is 3.75. The number of aromatic nitrogens is 2. The molecular weight excluding hydrogens is 372 g/mol. The molecule has 1 unspecified atom stereocenters. The van der Waals surface area contributed by atoms with E-state index >= 15 is 0 Å². The highest BCUT2D eigenvalue weighted by Gasteiger charge is 2.28. The highest BCUT2D eigenvalue weighted by Crippen LogP contribution is 2.19. The second kappa shape index (κ2) is 9.36. The van der Waals surface area contributed by atoms with E-state index in [4.69, 9.17) is 5.11 Å². The van der Waals surface area contributed by atoms with Crippen molar-refractivity contribution in [3.05, 3.63) is 53.9 Å². The molecule has 1 atom stereocenters. The van der Waals surface area contributed by atoms with E-state index in [2.05, 4.69) is 5.10 Å². The van der Waals surface area contributed by atoms with Crippen LogP contribution in [0.25, 0.3) is 0 Å². The molecule has 1 aliphatic rings. The molecule has 0 aliphatic carbocycles. The molecule has 1 N–H and O–H groups in total. The Balaban J connectivity index is 1.62. The lowest BCUT2D eigenvalue weighted by molar-refractivity contribution is -0.145. The summed E-state index contributed by atoms with van der Waals surface area (Å²) in [6, 6.07) is 9.74. The van der Waals surface area contributed by atoms with E-state index in [0.29, 0.717) is 38.0 Å². The number of benzene rings is 1. The first kappa shape index (κ1) is 20.6. The van der Waals surface area contributed by atoms with Crippen LogP contribution in [0.5, 0.6) is 0 Å². The summed E-state index contributed by atoms with van der Waals surface area (Å²) in [5.41, 5.74) is 1.64. The van der Waals surface area contributed by atoms with Gasteiger partial charge in [-0.05, 0) is 24.8 Å². The molecule has 1 aliphatic heterocycles. The molecule has 8 nitrogen and oxygen atoms in total. The van der Waals surface area contributed by atoms with Crippen LogP contribution in [0.15, 0.2) is 42.7 Å². The number of rotatable bonds is 6. The molecule has 2 aromatic rings. The van der Waals surface area contributed by atoms with Gasteiger partial charge < -0.3 is 14.9 Å². The summed E-state index contributed by atoms with van der Waals surface area (Å²) in [5, 5.41) is 13.4. The van der Waals surface area contributed by atoms with Gasteiger partial charge in [0.05, 0.1) is 18.3 Å². The Hall–Kier alpha value is -3.16. The van der Waals surface area contributed by atoms with Crippen LogP contribution in [0.2, 0.25) is 0 Å². The lowest BCUT2D eigenvalue weighted by Gasteiger charge is -2.28. The minimum Gasteiger partial charge on any atom is -0.480 e. The average Bonchev–Trinajstić information content (AvgIpc) is 3.02. The van der Waals surface area contributed by atoms with E-state index in [9.17, 15) is 14.4 Å². The first-order valence-corrected chi connectivity index (χ1v) is 9.78. The summed E-state index contributed by atoms with van der Waals surface area (Å²) in [4.78, 5) is 39.0. The zero-order valence-corrected chi connectivity index (χ0v) is 16.5. The predicted molar refractivity (Wildman–Crippen MR) is 106 cm³/mol. The van der Waals surface area contributed by atoms with Crippen LogP contribution in [0.4, 0.5) is 0 Å². The quantitative estimate of drug-likeness (QED) is 0.801. The van der Waals surface area contributed by atoms with Crippen LogP contribution in [-0.4, -0.2) is 68.1 Å². The number of hydrogen-bond donors (Lipinski definition) is 1. The van der Waals surface area contributed by atoms with Crippen molar-refractivity contribution in [2.45, 2.75) is 38.8 Å². The summed E-state index contributed by atoms with van der Waals surface area (Å²) in [7, 11) is 0. The molecule has 0 bridgehead atoms. The predicted octanol–water partition coefficient (Wildman–Crippen LogP) is 1.86. The summed E-state index contributed by atoms with van der Waals surface area (Å²) < 4.78 is 1.74. The van der Waals surface area contributed by atoms with Gasteiger partial charge in [-0.25, -0.2) is 0 Å². The Labute approximate surface area is 169 Å². The van der Waals surface area contributed by atoms with Crippen molar-refractivity contribution in [3.8, 4) is 0 Å². The second-order valence-corrected chi connectivity index (χ2v) is 7.33. The van der Waals surface area contributed by atoms with Crippen molar-refractivity contribution in [1.29, 1.82) is 0 Å². The number of likely N-dealkylation sites (tertiary alicyclic amines) is 1. The lowest BCUT2D eigenvalue weighted by Crippen LogP contribution is -2.43. The average molecular weight is 398 g/mol. The molecule has 3 rings (SSSR count). The summed E-state index contributed by atoms with van der Waals surface area (Å²) in [6.07, 6.45) is 5.31. The number of carboxylic acid groups (broad SMARTS) is 1. The van der Waals surface area contributed by atoms with E-state index in [-0.39, 0.29) is 24.4 Å². The molecule has 1 aromatic carbocycles. The van der Waals surface area contributed by atoms with Gasteiger partial charge >= 0.3 is 5.97 Å². The van der Waals surface area contributed by atoms with Crippen LogP contribution in [0.1, 0.15) is 42.1 Å². The molecular formula is C21H26N4O4. The number of nitrogens with zero attached hydrogens (tertiary/aromatic N) is 4. The van der Waals surface area contributed by atoms with Crippen molar-refractivity contribution in [2.24, 2.45) is 0 Å². The maximum absolute atomic E-state index is 12.9. The van der Waals surface area contributed by atoms with Crippen molar-refractivity contribution in [2.75, 3.05) is 19.6 Å². The van der Waals surface area contributed by atoms with Gasteiger partial charge in [-0.15, -0.1) is 0 Å². The fraction of sp³-hybridized carbons (Fsp3) is 0.429. The zero-order chi connectivity index (χ0) is 20.8. The third kappa shape index (κ3) is 5.43. The molecule has 2 heterocycles. The number of carbonyl (C=O) groups excluding carboxylic acids is 2. The Kier molecular flexibility index (Phi) is 6.64. The second-order valence-electron chi connectivity index (χ2n) is 7.33. The Morgan fingerprint density at radius 2 is 1.93 bits per heavy atom. The van der Waals surface area contributed by atoms with E-state index in [1.165, 1.54) is 11.8 Å². The number of aliphatic carboxylic acids is 1. The normalized spacial score (nSPS) is 16.9. The molecule has 0 spiro atoms. The molecule has 0 saturated carbocycles. The number of amides is 2. The smallest absolute Gasteiger partial charge is 0.323 e. The molecule has 1 fully saturated rings. The van der Waals surface area contributed by atoms with Gasteiger partial charge in [0.15, 0.2) is 0 Å². The van der Waals surface area contributed by atoms with Crippen LogP contribution >= 0.6 is 0 Å². The van der Waals surface area contributed by atoms with Crippen LogP contribution in [-0.2, 0) is 16.1 Å². The largest absolute Gasteiger partial charge is 0.480 e. The number of carbonyl (C=O) groups is 3. The monoisotopic (exact) mass is 398 g/mol. The minimum atomic E-state index is -1.02. The molecule has 1 aromatic heterocycles. The summed E-state index contributed by atoms with van der Waals surface area (Å²) in [6.45, 7) is 2.74. The van der Waals surface area contributed by atoms with Crippen LogP contribution in [0, 0.1) is 0 Å². The van der Waals surface area contributed by atoms with Crippen LogP contribution in [0.3, 0.4) is 0 Å². The maximum atomic E-state index is 12.9. The molecule has 29 heavy (non-hydrogen) atoms. The van der Waals surface area contributed by atoms with E-state index in [1.807, 2.05) is 30.3 Å². The third-order valence-corrected chi connectivity index (χ3v) is 5.20. The fourth-order valence-corrected chi connectivity index (χ4v) is 3.75. The van der Waals surface area contributed by atoms with Gasteiger partial charge in [0.2, 0.25) is 5.91 Å². The van der Waals surface area contributed by atoms with Gasteiger partial charge in [-0.3, -0.25) is 19.1 Å². The number of hydrogen-bond acceptors (Lipinski definition) is 4. The highest BCUT2D eigenvalue weighted by atomic mass is 16.4. The summed E-state index contributed by atoms with van der Waals surface area (Å²) in [5.74, 6) is -1.36. The molecule has 2 amide bonds. The van der Waals surface area contributed by atoms with Gasteiger partial charge in [0.25, 0.3) is 5.91 Å². The minimum absolute atomic E-state index is 0.0856. The van der Waals surface area contributed by atoms with Crippen molar-refractivity contribution < 1.29 is 19.5 Å². The first-order valence-electron chi connectivity index (χ1n) is 9.78. The molecule has 1 saturated heterocycles. The standard InChI is InChI=1S/C21H26N4O4/c1-16(26)25(15-20(27)28)19-8-5-10-23(11-9-19)21(29)18-12-22-24(14-18)13-17-6-3-2-4-7-17/h2-4,6-7,12,14,19H,5,8-11,13,15H2,1H3,(H,27,28). The van der Waals surface area contributed by atoms with E-state index in [0.717, 1.165) is 12.0 Å². The molecule has 8 heteroatoms. The van der Waals surface area contributed by atoms with Crippen LogP contribution < -0.4 is 0 Å². The maximum Gasteiger partial charge on any atom is 0.323 e. The lowest BCUT2D eigenvalue weighted by atomic mass is 10.1. The SMILES string of the molecule is CC(=O)N(CC(=O)O)C1CCCN(C(=O)c2cnn(Cc3ccccc3)c2)CC1. The summed E-state index contributed by atoms with van der Waals surface area (Å²) >= 11 is 0. The Morgan fingerprint density at radius 1 is 1.17 bits per heavy atom. The van der Waals surface area contributed by atoms with E-state index < -0.39 is 5.97 Å².